The number of aryl methyl sites for hydroxylation is 1. The Balaban J connectivity index is 2.38. The van der Waals surface area contributed by atoms with Crippen molar-refractivity contribution in [3.63, 3.8) is 0 Å². The van der Waals surface area contributed by atoms with E-state index in [4.69, 9.17) is 11.6 Å². The molecule has 8 heteroatoms. The van der Waals surface area contributed by atoms with Gasteiger partial charge in [-0.15, -0.1) is 0 Å². The predicted octanol–water partition coefficient (Wildman–Crippen LogP) is 1.57. The lowest BCUT2D eigenvalue weighted by atomic mass is 10.2. The molecule has 0 aliphatic heterocycles. The molecular formula is C9H9ClN4O2S. The third-order valence-corrected chi connectivity index (χ3v) is 3.81. The highest BCUT2D eigenvalue weighted by Crippen LogP contribution is 2.20. The Morgan fingerprint density at radius 2 is 2.18 bits per heavy atom. The van der Waals surface area contributed by atoms with Gasteiger partial charge in [0.05, 0.1) is 4.90 Å². The summed E-state index contributed by atoms with van der Waals surface area (Å²) < 4.78 is 26.3. The van der Waals surface area contributed by atoms with E-state index in [-0.39, 0.29) is 10.8 Å². The van der Waals surface area contributed by atoms with E-state index >= 15 is 0 Å². The lowest BCUT2D eigenvalue weighted by Crippen LogP contribution is -2.15. The molecule has 0 saturated carbocycles. The molecule has 0 aliphatic rings. The van der Waals surface area contributed by atoms with Crippen molar-refractivity contribution in [1.82, 2.24) is 15.2 Å². The molecule has 0 bridgehead atoms. The van der Waals surface area contributed by atoms with Gasteiger partial charge in [0, 0.05) is 5.02 Å². The maximum atomic E-state index is 12.0. The first kappa shape index (κ1) is 11.9. The second kappa shape index (κ2) is 4.34. The molecule has 2 rings (SSSR count). The molecule has 0 amide bonds. The van der Waals surface area contributed by atoms with Crippen LogP contribution in [0, 0.1) is 6.92 Å². The van der Waals surface area contributed by atoms with E-state index in [1.54, 1.807) is 13.0 Å². The molecule has 6 nitrogen and oxygen atoms in total. The first-order valence-electron chi connectivity index (χ1n) is 4.63. The van der Waals surface area contributed by atoms with Gasteiger partial charge in [0.2, 0.25) is 5.95 Å². The minimum absolute atomic E-state index is 0.0688. The molecule has 1 aromatic heterocycles. The number of benzene rings is 1. The Labute approximate surface area is 103 Å². The molecule has 0 radical (unpaired) electrons. The number of rotatable bonds is 3. The minimum atomic E-state index is -3.67. The van der Waals surface area contributed by atoms with Crippen LogP contribution in [0.2, 0.25) is 5.02 Å². The summed E-state index contributed by atoms with van der Waals surface area (Å²) in [7, 11) is -3.67. The summed E-state index contributed by atoms with van der Waals surface area (Å²) in [4.78, 5) is 3.84. The van der Waals surface area contributed by atoms with Gasteiger partial charge in [-0.1, -0.05) is 11.6 Å². The van der Waals surface area contributed by atoms with E-state index in [1.165, 1.54) is 18.5 Å². The van der Waals surface area contributed by atoms with Gasteiger partial charge in [-0.3, -0.25) is 0 Å². The number of hydrogen-bond acceptors (Lipinski definition) is 4. The number of nitrogens with zero attached hydrogens (tertiary/aromatic N) is 2. The molecule has 1 heterocycles. The van der Waals surface area contributed by atoms with Crippen molar-refractivity contribution in [1.29, 1.82) is 0 Å². The number of anilines is 1. The average molecular weight is 273 g/mol. The SMILES string of the molecule is Cc1cc(Cl)ccc1S(=O)(=O)Nc1ncn[nH]1. The van der Waals surface area contributed by atoms with Crippen LogP contribution in [-0.4, -0.2) is 23.6 Å². The number of H-pyrrole nitrogens is 1. The Kier molecular flexibility index (Phi) is 3.03. The summed E-state index contributed by atoms with van der Waals surface area (Å²) in [6.07, 6.45) is 1.21. The van der Waals surface area contributed by atoms with Crippen LogP contribution in [0.3, 0.4) is 0 Å². The highest BCUT2D eigenvalue weighted by Gasteiger charge is 2.17. The van der Waals surface area contributed by atoms with E-state index in [0.717, 1.165) is 0 Å². The standard InChI is InChI=1S/C9H9ClN4O2S/c1-6-4-7(10)2-3-8(6)17(15,16)14-9-11-5-12-13-9/h2-5H,1H3,(H2,11,12,13,14). The molecule has 2 aromatic rings. The average Bonchev–Trinajstić information content (AvgIpc) is 2.68. The highest BCUT2D eigenvalue weighted by atomic mass is 35.5. The second-order valence-corrected chi connectivity index (χ2v) is 5.44. The summed E-state index contributed by atoms with van der Waals surface area (Å²) in [5, 5.41) is 6.46. The number of nitrogens with one attached hydrogen (secondary N) is 2. The molecule has 0 aliphatic carbocycles. The van der Waals surface area contributed by atoms with Crippen molar-refractivity contribution >= 4 is 27.6 Å². The zero-order valence-corrected chi connectivity index (χ0v) is 10.4. The Bertz CT molecular complexity index is 624. The fourth-order valence-corrected chi connectivity index (χ4v) is 2.77. The van der Waals surface area contributed by atoms with Gasteiger partial charge in [0.15, 0.2) is 0 Å². The van der Waals surface area contributed by atoms with Crippen molar-refractivity contribution in [2.45, 2.75) is 11.8 Å². The molecule has 90 valence electrons. The van der Waals surface area contributed by atoms with Crippen molar-refractivity contribution in [3.8, 4) is 0 Å². The van der Waals surface area contributed by atoms with Gasteiger partial charge in [0.25, 0.3) is 10.0 Å². The zero-order valence-electron chi connectivity index (χ0n) is 8.81. The maximum Gasteiger partial charge on any atom is 0.264 e. The van der Waals surface area contributed by atoms with E-state index in [2.05, 4.69) is 19.9 Å². The number of sulfonamides is 1. The predicted molar refractivity (Wildman–Crippen MR) is 63.4 cm³/mol. The van der Waals surface area contributed by atoms with Crippen LogP contribution in [-0.2, 0) is 10.0 Å². The van der Waals surface area contributed by atoms with Crippen molar-refractivity contribution < 1.29 is 8.42 Å². The zero-order chi connectivity index (χ0) is 12.5. The summed E-state index contributed by atoms with van der Waals surface area (Å²) in [6.45, 7) is 1.67. The molecule has 0 unspecified atom stereocenters. The fraction of sp³-hybridized carbons (Fsp3) is 0.111. The molecule has 0 saturated heterocycles. The monoisotopic (exact) mass is 272 g/mol. The first-order chi connectivity index (χ1) is 7.99. The van der Waals surface area contributed by atoms with Gasteiger partial charge in [0.1, 0.15) is 6.33 Å². The second-order valence-electron chi connectivity index (χ2n) is 3.35. The highest BCUT2D eigenvalue weighted by molar-refractivity contribution is 7.92. The molecule has 0 fully saturated rings. The van der Waals surface area contributed by atoms with Crippen LogP contribution in [0.1, 0.15) is 5.56 Å². The molecule has 2 N–H and O–H groups in total. The molecular weight excluding hydrogens is 264 g/mol. The third kappa shape index (κ3) is 2.56. The van der Waals surface area contributed by atoms with Gasteiger partial charge in [-0.25, -0.2) is 18.2 Å². The third-order valence-electron chi connectivity index (χ3n) is 2.07. The minimum Gasteiger partial charge on any atom is -0.248 e. The van der Waals surface area contributed by atoms with Crippen LogP contribution in [0.5, 0.6) is 0 Å². The number of halogens is 1. The maximum absolute atomic E-state index is 12.0. The molecule has 1 aromatic carbocycles. The topological polar surface area (TPSA) is 87.7 Å². The quantitative estimate of drug-likeness (QED) is 0.888. The summed E-state index contributed by atoms with van der Waals surface area (Å²) in [5.74, 6) is 0.0688. The number of aromatic nitrogens is 3. The molecule has 0 atom stereocenters. The molecule has 0 spiro atoms. The summed E-state index contributed by atoms with van der Waals surface area (Å²) >= 11 is 5.77. The fourth-order valence-electron chi connectivity index (χ4n) is 1.35. The van der Waals surface area contributed by atoms with E-state index in [9.17, 15) is 8.42 Å². The Morgan fingerprint density at radius 1 is 1.41 bits per heavy atom. The van der Waals surface area contributed by atoms with Crippen LogP contribution in [0.15, 0.2) is 29.4 Å². The van der Waals surface area contributed by atoms with Crippen molar-refractivity contribution in [3.05, 3.63) is 35.1 Å². The van der Waals surface area contributed by atoms with Crippen molar-refractivity contribution in [2.24, 2.45) is 0 Å². The van der Waals surface area contributed by atoms with E-state index in [0.29, 0.717) is 10.6 Å². The normalized spacial score (nSPS) is 11.4. The molecule has 17 heavy (non-hydrogen) atoms. The van der Waals surface area contributed by atoms with Crippen molar-refractivity contribution in [2.75, 3.05) is 4.72 Å². The first-order valence-corrected chi connectivity index (χ1v) is 6.49. The lowest BCUT2D eigenvalue weighted by Gasteiger charge is -2.07. The van der Waals surface area contributed by atoms with Gasteiger partial charge in [-0.2, -0.15) is 10.1 Å². The van der Waals surface area contributed by atoms with Gasteiger partial charge in [-0.05, 0) is 30.7 Å². The van der Waals surface area contributed by atoms with Gasteiger partial charge >= 0.3 is 0 Å². The largest absolute Gasteiger partial charge is 0.264 e. The summed E-state index contributed by atoms with van der Waals surface area (Å²) in [6, 6.07) is 4.54. The smallest absolute Gasteiger partial charge is 0.248 e. The van der Waals surface area contributed by atoms with E-state index in [1.807, 2.05) is 0 Å². The van der Waals surface area contributed by atoms with Crippen LogP contribution < -0.4 is 4.72 Å². The lowest BCUT2D eigenvalue weighted by molar-refractivity contribution is 0.600. The van der Waals surface area contributed by atoms with Gasteiger partial charge < -0.3 is 0 Å². The van der Waals surface area contributed by atoms with Crippen LogP contribution >= 0.6 is 11.6 Å². The Hall–Kier alpha value is -1.60. The van der Waals surface area contributed by atoms with E-state index < -0.39 is 10.0 Å². The number of aromatic amines is 1. The van der Waals surface area contributed by atoms with Crippen LogP contribution in [0.25, 0.3) is 0 Å². The van der Waals surface area contributed by atoms with Crippen LogP contribution in [0.4, 0.5) is 5.95 Å². The number of hydrogen-bond donors (Lipinski definition) is 2. The Morgan fingerprint density at radius 3 is 2.76 bits per heavy atom. The summed E-state index contributed by atoms with van der Waals surface area (Å²) in [5.41, 5.74) is 0.560.